The van der Waals surface area contributed by atoms with Gasteiger partial charge in [0, 0.05) is 4.47 Å². The summed E-state index contributed by atoms with van der Waals surface area (Å²) in [5.74, 6) is 0. The lowest BCUT2D eigenvalue weighted by molar-refractivity contribution is 0.598. The molecule has 2 rings (SSSR count). The summed E-state index contributed by atoms with van der Waals surface area (Å²) in [5, 5.41) is 4.36. The number of aryl methyl sites for hydroxylation is 1. The molecule has 0 bridgehead atoms. The van der Waals surface area contributed by atoms with Crippen molar-refractivity contribution in [2.45, 2.75) is 32.7 Å². The highest BCUT2D eigenvalue weighted by atomic mass is 79.9. The minimum atomic E-state index is 0.182. The first-order valence-electron chi connectivity index (χ1n) is 7.42. The van der Waals surface area contributed by atoms with Crippen molar-refractivity contribution >= 4 is 27.5 Å². The second-order valence-electron chi connectivity index (χ2n) is 5.16. The molecule has 1 nitrogen and oxygen atoms in total. The van der Waals surface area contributed by atoms with Crippen LogP contribution in [0.3, 0.4) is 0 Å². The van der Waals surface area contributed by atoms with Crippen LogP contribution in [0.5, 0.6) is 0 Å². The Bertz CT molecular complexity index is 580. The van der Waals surface area contributed by atoms with Gasteiger partial charge in [-0.25, -0.2) is 0 Å². The largest absolute Gasteiger partial charge is 0.306 e. The van der Waals surface area contributed by atoms with Gasteiger partial charge in [-0.15, -0.1) is 0 Å². The Hall–Kier alpha value is -0.830. The summed E-state index contributed by atoms with van der Waals surface area (Å²) in [7, 11) is 0. The van der Waals surface area contributed by atoms with E-state index in [1.807, 2.05) is 12.1 Å². The molecule has 1 N–H and O–H groups in total. The summed E-state index contributed by atoms with van der Waals surface area (Å²) in [6.45, 7) is 5.34. The molecule has 0 fully saturated rings. The van der Waals surface area contributed by atoms with Crippen LogP contribution in [0.25, 0.3) is 0 Å². The van der Waals surface area contributed by atoms with E-state index in [9.17, 15) is 0 Å². The molecule has 0 saturated heterocycles. The third kappa shape index (κ3) is 4.32. The van der Waals surface area contributed by atoms with Crippen LogP contribution in [0.1, 0.15) is 43.0 Å². The fourth-order valence-corrected chi connectivity index (χ4v) is 2.79. The lowest BCUT2D eigenvalue weighted by Gasteiger charge is -2.20. The van der Waals surface area contributed by atoms with Crippen molar-refractivity contribution in [2.24, 2.45) is 0 Å². The van der Waals surface area contributed by atoms with Crippen LogP contribution < -0.4 is 5.32 Å². The van der Waals surface area contributed by atoms with Crippen molar-refractivity contribution in [3.8, 4) is 0 Å². The maximum Gasteiger partial charge on any atom is 0.0577 e. The summed E-state index contributed by atoms with van der Waals surface area (Å²) < 4.78 is 0.934. The minimum Gasteiger partial charge on any atom is -0.306 e. The first-order chi connectivity index (χ1) is 10.2. The van der Waals surface area contributed by atoms with Gasteiger partial charge in [-0.2, -0.15) is 0 Å². The second-order valence-corrected chi connectivity index (χ2v) is 6.42. The maximum atomic E-state index is 6.25. The van der Waals surface area contributed by atoms with E-state index in [-0.39, 0.29) is 6.04 Å². The van der Waals surface area contributed by atoms with Crippen LogP contribution in [-0.2, 0) is 6.42 Å². The summed E-state index contributed by atoms with van der Waals surface area (Å²) in [6.07, 6.45) is 2.17. The van der Waals surface area contributed by atoms with Gasteiger partial charge in [-0.05, 0) is 64.1 Å². The lowest BCUT2D eigenvalue weighted by Crippen LogP contribution is -2.23. The van der Waals surface area contributed by atoms with Gasteiger partial charge in [0.15, 0.2) is 0 Å². The van der Waals surface area contributed by atoms with Crippen molar-refractivity contribution in [3.05, 3.63) is 68.7 Å². The normalized spacial score (nSPS) is 12.4. The highest BCUT2D eigenvalue weighted by Crippen LogP contribution is 2.29. The van der Waals surface area contributed by atoms with Gasteiger partial charge in [-0.3, -0.25) is 0 Å². The topological polar surface area (TPSA) is 12.0 Å². The maximum absolute atomic E-state index is 6.25. The number of nitrogens with one attached hydrogen (secondary N) is 1. The van der Waals surface area contributed by atoms with Gasteiger partial charge in [0.05, 0.1) is 11.1 Å². The molecule has 3 heteroatoms. The Balaban J connectivity index is 2.33. The summed E-state index contributed by atoms with van der Waals surface area (Å²) in [6, 6.07) is 15.2. The fourth-order valence-electron chi connectivity index (χ4n) is 2.35. The molecule has 0 aromatic heterocycles. The molecule has 0 amide bonds. The molecule has 0 aliphatic rings. The Kier molecular flexibility index (Phi) is 6.28. The molecule has 112 valence electrons. The molecule has 0 aliphatic carbocycles. The molecule has 21 heavy (non-hydrogen) atoms. The number of halogens is 2. The van der Waals surface area contributed by atoms with Crippen LogP contribution in [0.2, 0.25) is 5.02 Å². The van der Waals surface area contributed by atoms with Crippen LogP contribution in [0.4, 0.5) is 0 Å². The molecule has 0 spiro atoms. The minimum absolute atomic E-state index is 0.182. The monoisotopic (exact) mass is 365 g/mol. The summed E-state index contributed by atoms with van der Waals surface area (Å²) >= 11 is 9.71. The van der Waals surface area contributed by atoms with Gasteiger partial charge < -0.3 is 5.32 Å². The van der Waals surface area contributed by atoms with E-state index in [2.05, 4.69) is 65.4 Å². The van der Waals surface area contributed by atoms with E-state index in [1.165, 1.54) is 16.7 Å². The van der Waals surface area contributed by atoms with Crippen molar-refractivity contribution in [2.75, 3.05) is 6.54 Å². The average molecular weight is 367 g/mol. The fraction of sp³-hybridized carbons (Fsp3) is 0.333. The summed E-state index contributed by atoms with van der Waals surface area (Å²) in [5.41, 5.74) is 3.83. The number of rotatable bonds is 6. The Labute approximate surface area is 140 Å². The lowest BCUT2D eigenvalue weighted by atomic mass is 9.97. The van der Waals surface area contributed by atoms with Gasteiger partial charge in [0.25, 0.3) is 0 Å². The zero-order valence-electron chi connectivity index (χ0n) is 12.5. The average Bonchev–Trinajstić information content (AvgIpc) is 2.51. The van der Waals surface area contributed by atoms with E-state index in [4.69, 9.17) is 11.6 Å². The molecule has 0 heterocycles. The predicted molar refractivity (Wildman–Crippen MR) is 95.1 cm³/mol. The van der Waals surface area contributed by atoms with Crippen LogP contribution >= 0.6 is 27.5 Å². The van der Waals surface area contributed by atoms with Crippen molar-refractivity contribution in [1.82, 2.24) is 5.32 Å². The first kappa shape index (κ1) is 16.5. The van der Waals surface area contributed by atoms with Crippen molar-refractivity contribution < 1.29 is 0 Å². The van der Waals surface area contributed by atoms with Gasteiger partial charge in [0.1, 0.15) is 0 Å². The number of hydrogen-bond acceptors (Lipinski definition) is 1. The van der Waals surface area contributed by atoms with Crippen LogP contribution in [0, 0.1) is 0 Å². The van der Waals surface area contributed by atoms with Crippen LogP contribution in [0.15, 0.2) is 46.9 Å². The van der Waals surface area contributed by atoms with E-state index < -0.39 is 0 Å². The SMILES string of the molecule is CCCNC(c1ccc(CC)cc1)c1ccc(Br)c(Cl)c1. The molecular weight excluding hydrogens is 346 g/mol. The molecule has 0 aliphatic heterocycles. The quantitative estimate of drug-likeness (QED) is 0.686. The number of hydrogen-bond donors (Lipinski definition) is 1. The van der Waals surface area contributed by atoms with Gasteiger partial charge >= 0.3 is 0 Å². The predicted octanol–water partition coefficient (Wildman–Crippen LogP) is 5.75. The van der Waals surface area contributed by atoms with E-state index in [1.54, 1.807) is 0 Å². The number of benzene rings is 2. The van der Waals surface area contributed by atoms with E-state index in [0.29, 0.717) is 0 Å². The Morgan fingerprint density at radius 3 is 2.29 bits per heavy atom. The van der Waals surface area contributed by atoms with E-state index >= 15 is 0 Å². The smallest absolute Gasteiger partial charge is 0.0577 e. The Morgan fingerprint density at radius 2 is 1.71 bits per heavy atom. The van der Waals surface area contributed by atoms with Gasteiger partial charge in [-0.1, -0.05) is 55.8 Å². The van der Waals surface area contributed by atoms with E-state index in [0.717, 1.165) is 28.9 Å². The summed E-state index contributed by atoms with van der Waals surface area (Å²) in [4.78, 5) is 0. The molecular formula is C18H21BrClN. The van der Waals surface area contributed by atoms with Crippen LogP contribution in [-0.4, -0.2) is 6.54 Å². The third-order valence-corrected chi connectivity index (χ3v) is 4.83. The third-order valence-electron chi connectivity index (χ3n) is 3.60. The van der Waals surface area contributed by atoms with Crippen molar-refractivity contribution in [3.63, 3.8) is 0 Å². The molecule has 0 saturated carbocycles. The molecule has 2 aromatic carbocycles. The molecule has 1 atom stereocenters. The Morgan fingerprint density at radius 1 is 1.05 bits per heavy atom. The zero-order chi connectivity index (χ0) is 15.2. The molecule has 1 unspecified atom stereocenters. The molecule has 2 aromatic rings. The first-order valence-corrected chi connectivity index (χ1v) is 8.60. The highest BCUT2D eigenvalue weighted by Gasteiger charge is 2.14. The second kappa shape index (κ2) is 7.98. The van der Waals surface area contributed by atoms with Crippen molar-refractivity contribution in [1.29, 1.82) is 0 Å². The zero-order valence-corrected chi connectivity index (χ0v) is 14.8. The standard InChI is InChI=1S/C18H21BrClN/c1-3-11-21-18(14-7-5-13(4-2)6-8-14)15-9-10-16(19)17(20)12-15/h5-10,12,18,21H,3-4,11H2,1-2H3. The molecule has 0 radical (unpaired) electrons. The highest BCUT2D eigenvalue weighted by molar-refractivity contribution is 9.10. The van der Waals surface area contributed by atoms with Gasteiger partial charge in [0.2, 0.25) is 0 Å².